The van der Waals surface area contributed by atoms with Crippen molar-refractivity contribution in [1.29, 1.82) is 0 Å². The molecule has 100 valence electrons. The van der Waals surface area contributed by atoms with Gasteiger partial charge in [-0.25, -0.2) is 0 Å². The first-order valence-electron chi connectivity index (χ1n) is 6.10. The van der Waals surface area contributed by atoms with E-state index in [1.807, 2.05) is 18.2 Å². The van der Waals surface area contributed by atoms with Gasteiger partial charge in [-0.1, -0.05) is 11.6 Å². The summed E-state index contributed by atoms with van der Waals surface area (Å²) in [7, 11) is 0. The summed E-state index contributed by atoms with van der Waals surface area (Å²) in [5.41, 5.74) is 2.11. The van der Waals surface area contributed by atoms with Crippen LogP contribution < -0.4 is 14.8 Å². The number of fused-ring (bicyclic) bond motifs is 1. The quantitative estimate of drug-likeness (QED) is 0.900. The molecular formula is C13H14ClN3O2. The van der Waals surface area contributed by atoms with Crippen LogP contribution >= 0.6 is 11.6 Å². The minimum absolute atomic E-state index is 0.546. The largest absolute Gasteiger partial charge is 0.486 e. The van der Waals surface area contributed by atoms with Gasteiger partial charge >= 0.3 is 0 Å². The van der Waals surface area contributed by atoms with Crippen LogP contribution in [0.3, 0.4) is 0 Å². The summed E-state index contributed by atoms with van der Waals surface area (Å²) in [5, 5.41) is 10.7. The zero-order valence-corrected chi connectivity index (χ0v) is 11.0. The van der Waals surface area contributed by atoms with E-state index in [0.717, 1.165) is 23.6 Å². The molecule has 5 nitrogen and oxygen atoms in total. The van der Waals surface area contributed by atoms with Crippen LogP contribution in [0.2, 0.25) is 5.02 Å². The maximum Gasteiger partial charge on any atom is 0.179 e. The van der Waals surface area contributed by atoms with Gasteiger partial charge < -0.3 is 14.8 Å². The number of benzene rings is 1. The minimum Gasteiger partial charge on any atom is -0.486 e. The van der Waals surface area contributed by atoms with Gasteiger partial charge in [-0.3, -0.25) is 5.10 Å². The Morgan fingerprint density at radius 2 is 2.16 bits per heavy atom. The van der Waals surface area contributed by atoms with Gasteiger partial charge in [0, 0.05) is 25.0 Å². The number of aromatic amines is 1. The summed E-state index contributed by atoms with van der Waals surface area (Å²) in [6, 6.07) is 5.79. The number of nitrogens with zero attached hydrogens (tertiary/aromatic N) is 1. The van der Waals surface area contributed by atoms with E-state index in [0.29, 0.717) is 30.5 Å². The van der Waals surface area contributed by atoms with Gasteiger partial charge in [0.2, 0.25) is 0 Å². The first-order valence-corrected chi connectivity index (χ1v) is 6.48. The second kappa shape index (κ2) is 5.50. The predicted octanol–water partition coefficient (Wildman–Crippen LogP) is 2.12. The zero-order valence-electron chi connectivity index (χ0n) is 10.3. The predicted molar refractivity (Wildman–Crippen MR) is 71.6 cm³/mol. The summed E-state index contributed by atoms with van der Waals surface area (Å²) in [6.45, 7) is 2.54. The average molecular weight is 280 g/mol. The summed E-state index contributed by atoms with van der Waals surface area (Å²) in [6.07, 6.45) is 1.73. The molecule has 0 fully saturated rings. The van der Waals surface area contributed by atoms with E-state index < -0.39 is 0 Å². The van der Waals surface area contributed by atoms with E-state index in [9.17, 15) is 0 Å². The van der Waals surface area contributed by atoms with Crippen molar-refractivity contribution >= 4 is 11.6 Å². The highest BCUT2D eigenvalue weighted by Gasteiger charge is 2.16. The fourth-order valence-electron chi connectivity index (χ4n) is 1.99. The lowest BCUT2D eigenvalue weighted by Crippen LogP contribution is -2.17. The van der Waals surface area contributed by atoms with Crippen LogP contribution in [0, 0.1) is 0 Å². The van der Waals surface area contributed by atoms with Crippen LogP contribution in [0.1, 0.15) is 11.3 Å². The van der Waals surface area contributed by atoms with Crippen molar-refractivity contribution in [1.82, 2.24) is 15.5 Å². The molecule has 3 rings (SSSR count). The lowest BCUT2D eigenvalue weighted by Gasteiger charge is -2.20. The van der Waals surface area contributed by atoms with Crippen molar-refractivity contribution in [2.75, 3.05) is 13.2 Å². The van der Waals surface area contributed by atoms with Gasteiger partial charge in [0.25, 0.3) is 0 Å². The lowest BCUT2D eigenvalue weighted by atomic mass is 10.2. The molecule has 19 heavy (non-hydrogen) atoms. The molecule has 0 radical (unpaired) electrons. The molecule has 0 spiro atoms. The first-order chi connectivity index (χ1) is 9.33. The molecule has 1 aromatic heterocycles. The average Bonchev–Trinajstić information content (AvgIpc) is 2.92. The number of ether oxygens (including phenoxy) is 2. The fourth-order valence-corrected chi connectivity index (χ4v) is 2.28. The molecular weight excluding hydrogens is 266 g/mol. The van der Waals surface area contributed by atoms with E-state index in [-0.39, 0.29) is 0 Å². The summed E-state index contributed by atoms with van der Waals surface area (Å²) in [5.74, 6) is 1.36. The Bertz CT molecular complexity index is 557. The van der Waals surface area contributed by atoms with Crippen molar-refractivity contribution < 1.29 is 9.47 Å². The summed E-state index contributed by atoms with van der Waals surface area (Å²) in [4.78, 5) is 0. The number of rotatable bonds is 4. The standard InChI is InChI=1S/C13H14ClN3O2/c14-11-5-9(6-12-13(11)19-4-3-18-12)7-15-8-10-1-2-16-17-10/h1-2,5-6,15H,3-4,7-8H2,(H,16,17). The summed E-state index contributed by atoms with van der Waals surface area (Å²) >= 11 is 6.18. The molecule has 2 N–H and O–H groups in total. The van der Waals surface area contributed by atoms with E-state index >= 15 is 0 Å². The molecule has 0 bridgehead atoms. The fraction of sp³-hybridized carbons (Fsp3) is 0.308. The topological polar surface area (TPSA) is 59.2 Å². The monoisotopic (exact) mass is 279 g/mol. The molecule has 2 heterocycles. The van der Waals surface area contributed by atoms with Crippen molar-refractivity contribution in [3.8, 4) is 11.5 Å². The van der Waals surface area contributed by atoms with Crippen molar-refractivity contribution in [2.24, 2.45) is 0 Å². The Morgan fingerprint density at radius 3 is 3.00 bits per heavy atom. The number of hydrogen-bond acceptors (Lipinski definition) is 4. The molecule has 6 heteroatoms. The second-order valence-corrected chi connectivity index (χ2v) is 4.69. The third-order valence-electron chi connectivity index (χ3n) is 2.86. The van der Waals surface area contributed by atoms with Gasteiger partial charge in [0.15, 0.2) is 11.5 Å². The van der Waals surface area contributed by atoms with Gasteiger partial charge in [0.05, 0.1) is 5.02 Å². The van der Waals surface area contributed by atoms with E-state index in [4.69, 9.17) is 21.1 Å². The molecule has 0 saturated heterocycles. The van der Waals surface area contributed by atoms with Crippen molar-refractivity contribution in [2.45, 2.75) is 13.1 Å². The van der Waals surface area contributed by atoms with E-state index in [2.05, 4.69) is 15.5 Å². The highest BCUT2D eigenvalue weighted by Crippen LogP contribution is 2.38. The molecule has 0 saturated carbocycles. The number of aromatic nitrogens is 2. The number of halogens is 1. The Kier molecular flexibility index (Phi) is 3.57. The lowest BCUT2D eigenvalue weighted by molar-refractivity contribution is 0.171. The minimum atomic E-state index is 0.546. The molecule has 1 aromatic carbocycles. The van der Waals surface area contributed by atoms with Crippen LogP contribution in [0.5, 0.6) is 11.5 Å². The first kappa shape index (κ1) is 12.3. The molecule has 2 aromatic rings. The highest BCUT2D eigenvalue weighted by atomic mass is 35.5. The highest BCUT2D eigenvalue weighted by molar-refractivity contribution is 6.32. The van der Waals surface area contributed by atoms with Gasteiger partial charge in [-0.2, -0.15) is 5.10 Å². The Labute approximate surface area is 115 Å². The normalized spacial score (nSPS) is 13.5. The van der Waals surface area contributed by atoms with Crippen LogP contribution in [0.4, 0.5) is 0 Å². The Morgan fingerprint density at radius 1 is 1.26 bits per heavy atom. The molecule has 0 atom stereocenters. The maximum atomic E-state index is 6.18. The summed E-state index contributed by atoms with van der Waals surface area (Å²) < 4.78 is 11.0. The van der Waals surface area contributed by atoms with Crippen molar-refractivity contribution in [3.05, 3.63) is 40.7 Å². The molecule has 0 unspecified atom stereocenters. The molecule has 1 aliphatic heterocycles. The second-order valence-electron chi connectivity index (χ2n) is 4.29. The van der Waals surface area contributed by atoms with Gasteiger partial charge in [-0.05, 0) is 23.8 Å². The number of H-pyrrole nitrogens is 1. The Hall–Kier alpha value is -1.72. The molecule has 0 aliphatic carbocycles. The van der Waals surface area contributed by atoms with Crippen LogP contribution in [-0.4, -0.2) is 23.4 Å². The van der Waals surface area contributed by atoms with Crippen LogP contribution in [0.25, 0.3) is 0 Å². The number of hydrogen-bond donors (Lipinski definition) is 2. The van der Waals surface area contributed by atoms with Crippen LogP contribution in [0.15, 0.2) is 24.4 Å². The Balaban J connectivity index is 1.66. The zero-order chi connectivity index (χ0) is 13.1. The van der Waals surface area contributed by atoms with Gasteiger partial charge in [-0.15, -0.1) is 0 Å². The smallest absolute Gasteiger partial charge is 0.179 e. The van der Waals surface area contributed by atoms with Gasteiger partial charge in [0.1, 0.15) is 13.2 Å². The third kappa shape index (κ3) is 2.83. The number of nitrogens with one attached hydrogen (secondary N) is 2. The maximum absolute atomic E-state index is 6.18. The molecule has 0 amide bonds. The molecule has 1 aliphatic rings. The van der Waals surface area contributed by atoms with E-state index in [1.165, 1.54) is 0 Å². The van der Waals surface area contributed by atoms with Crippen molar-refractivity contribution in [3.63, 3.8) is 0 Å². The SMILES string of the molecule is Clc1cc(CNCc2ccn[nH]2)cc2c1OCCO2. The third-order valence-corrected chi connectivity index (χ3v) is 3.14. The van der Waals surface area contributed by atoms with E-state index in [1.54, 1.807) is 6.20 Å². The van der Waals surface area contributed by atoms with Crippen LogP contribution in [-0.2, 0) is 13.1 Å².